The van der Waals surface area contributed by atoms with Crippen molar-refractivity contribution in [1.82, 2.24) is 0 Å². The zero-order valence-corrected chi connectivity index (χ0v) is 9.90. The second-order valence-corrected chi connectivity index (χ2v) is 4.58. The van der Waals surface area contributed by atoms with E-state index in [0.717, 1.165) is 5.70 Å². The van der Waals surface area contributed by atoms with E-state index in [1.807, 2.05) is 6.07 Å². The fourth-order valence-electron chi connectivity index (χ4n) is 2.49. The lowest BCUT2D eigenvalue weighted by Crippen LogP contribution is -2.00. The number of allylic oxidation sites excluding steroid dienone is 1. The Morgan fingerprint density at radius 1 is 1.06 bits per heavy atom. The number of hydrogen-bond donors (Lipinski definition) is 1. The van der Waals surface area contributed by atoms with Crippen LogP contribution in [0.5, 0.6) is 0 Å². The second-order valence-electron chi connectivity index (χ2n) is 4.58. The first-order chi connectivity index (χ1) is 8.25. The number of anilines is 1. The number of fused-ring (bicyclic) bond motifs is 1. The largest absolute Gasteiger partial charge is 0.358 e. The molecule has 1 N–H and O–H groups in total. The molecule has 84 valence electrons. The molecule has 0 spiro atoms. The molecule has 1 aliphatic heterocycles. The lowest BCUT2D eigenvalue weighted by Gasteiger charge is -2.12. The third-order valence-corrected chi connectivity index (χ3v) is 3.29. The summed E-state index contributed by atoms with van der Waals surface area (Å²) in [6.45, 7) is 6.27. The van der Waals surface area contributed by atoms with Gasteiger partial charge in [0.2, 0.25) is 0 Å². The number of nitrogens with one attached hydrogen (secondary N) is 1. The molecule has 1 aliphatic rings. The van der Waals surface area contributed by atoms with E-state index < -0.39 is 0 Å². The van der Waals surface area contributed by atoms with Crippen LogP contribution in [0.4, 0.5) is 5.69 Å². The fraction of sp³-hybridized carbons (Fsp3) is 0.125. The van der Waals surface area contributed by atoms with Crippen molar-refractivity contribution < 1.29 is 0 Å². The van der Waals surface area contributed by atoms with Gasteiger partial charge in [0.05, 0.1) is 5.92 Å². The van der Waals surface area contributed by atoms with Gasteiger partial charge in [-0.05, 0) is 24.1 Å². The van der Waals surface area contributed by atoms with Crippen molar-refractivity contribution in [2.24, 2.45) is 0 Å². The Kier molecular flexibility index (Phi) is 2.25. The topological polar surface area (TPSA) is 12.0 Å². The maximum Gasteiger partial charge on any atom is 0.0505 e. The molecule has 1 nitrogen and oxygen atoms in total. The molecule has 0 saturated heterocycles. The van der Waals surface area contributed by atoms with Gasteiger partial charge in [-0.25, -0.2) is 0 Å². The van der Waals surface area contributed by atoms with Crippen LogP contribution in [0, 0.1) is 6.92 Å². The number of hydrogen-bond acceptors (Lipinski definition) is 1. The van der Waals surface area contributed by atoms with Crippen molar-refractivity contribution in [3.8, 4) is 0 Å². The Morgan fingerprint density at radius 3 is 2.59 bits per heavy atom. The van der Waals surface area contributed by atoms with E-state index in [9.17, 15) is 0 Å². The minimum absolute atomic E-state index is 0.283. The molecule has 2 aromatic rings. The molecule has 1 heterocycles. The molecule has 0 amide bonds. The molecule has 1 unspecified atom stereocenters. The maximum atomic E-state index is 4.15. The highest BCUT2D eigenvalue weighted by atomic mass is 14.9. The van der Waals surface area contributed by atoms with Gasteiger partial charge in [-0.1, -0.05) is 54.6 Å². The Balaban J connectivity index is 2.14. The normalized spacial score (nSPS) is 17.7. The molecule has 0 aromatic heterocycles. The number of rotatable bonds is 1. The first kappa shape index (κ1) is 10.2. The summed E-state index contributed by atoms with van der Waals surface area (Å²) in [5, 5.41) is 3.38. The molecule has 0 bridgehead atoms. The summed E-state index contributed by atoms with van der Waals surface area (Å²) < 4.78 is 0. The minimum atomic E-state index is 0.283. The van der Waals surface area contributed by atoms with Crippen molar-refractivity contribution in [3.63, 3.8) is 0 Å². The molecule has 1 heteroatoms. The molecule has 0 saturated carbocycles. The molecule has 3 rings (SSSR count). The lowest BCUT2D eigenvalue weighted by molar-refractivity contribution is 1.01. The summed E-state index contributed by atoms with van der Waals surface area (Å²) in [6.07, 6.45) is 0. The van der Waals surface area contributed by atoms with Gasteiger partial charge in [0.25, 0.3) is 0 Å². The molecule has 0 radical (unpaired) electrons. The maximum absolute atomic E-state index is 4.15. The molecule has 0 fully saturated rings. The zero-order chi connectivity index (χ0) is 11.8. The minimum Gasteiger partial charge on any atom is -0.358 e. The fourth-order valence-corrected chi connectivity index (χ4v) is 2.49. The van der Waals surface area contributed by atoms with Gasteiger partial charge in [-0.3, -0.25) is 0 Å². The monoisotopic (exact) mass is 221 g/mol. The zero-order valence-electron chi connectivity index (χ0n) is 9.90. The third-order valence-electron chi connectivity index (χ3n) is 3.29. The first-order valence-corrected chi connectivity index (χ1v) is 5.87. The summed E-state index contributed by atoms with van der Waals surface area (Å²) in [5.41, 5.74) is 6.18. The van der Waals surface area contributed by atoms with Gasteiger partial charge in [-0.15, -0.1) is 0 Å². The molecule has 1 atom stereocenters. The summed E-state index contributed by atoms with van der Waals surface area (Å²) in [5.74, 6) is 0.283. The van der Waals surface area contributed by atoms with E-state index in [4.69, 9.17) is 0 Å². The van der Waals surface area contributed by atoms with Gasteiger partial charge in [0.15, 0.2) is 0 Å². The van der Waals surface area contributed by atoms with Gasteiger partial charge in [0.1, 0.15) is 0 Å². The first-order valence-electron chi connectivity index (χ1n) is 5.87. The predicted molar refractivity (Wildman–Crippen MR) is 72.2 cm³/mol. The highest BCUT2D eigenvalue weighted by Crippen LogP contribution is 2.42. The van der Waals surface area contributed by atoms with Crippen molar-refractivity contribution in [3.05, 3.63) is 77.5 Å². The molecule has 0 aliphatic carbocycles. The lowest BCUT2D eigenvalue weighted by atomic mass is 9.90. The quantitative estimate of drug-likeness (QED) is 0.765. The molecular weight excluding hydrogens is 206 g/mol. The van der Waals surface area contributed by atoms with Crippen LogP contribution >= 0.6 is 0 Å². The van der Waals surface area contributed by atoms with Crippen LogP contribution in [0.15, 0.2) is 60.8 Å². The van der Waals surface area contributed by atoms with Crippen LogP contribution in [0.2, 0.25) is 0 Å². The van der Waals surface area contributed by atoms with Crippen LogP contribution in [-0.4, -0.2) is 0 Å². The van der Waals surface area contributed by atoms with Crippen LogP contribution in [-0.2, 0) is 0 Å². The van der Waals surface area contributed by atoms with Gasteiger partial charge < -0.3 is 5.32 Å². The van der Waals surface area contributed by atoms with E-state index >= 15 is 0 Å². The Bertz CT molecular complexity index is 569. The van der Waals surface area contributed by atoms with E-state index in [2.05, 4.69) is 61.3 Å². The van der Waals surface area contributed by atoms with Crippen LogP contribution in [0.1, 0.15) is 22.6 Å². The smallest absolute Gasteiger partial charge is 0.0505 e. The van der Waals surface area contributed by atoms with Gasteiger partial charge in [0, 0.05) is 11.4 Å². The van der Waals surface area contributed by atoms with E-state index in [0.29, 0.717) is 0 Å². The van der Waals surface area contributed by atoms with Crippen LogP contribution < -0.4 is 5.32 Å². The summed E-state index contributed by atoms with van der Waals surface area (Å²) in [6, 6.07) is 17.0. The van der Waals surface area contributed by atoms with Gasteiger partial charge in [-0.2, -0.15) is 0 Å². The standard InChI is InChI=1S/C16H15N/c1-11-8-9-15-14(10-11)16(12(2)17-15)13-6-4-3-5-7-13/h3-10,16-17H,2H2,1H3. The van der Waals surface area contributed by atoms with Crippen LogP contribution in [0.25, 0.3) is 0 Å². The molecular formula is C16H15N. The SMILES string of the molecule is C=C1Nc2ccc(C)cc2C1c1ccccc1. The van der Waals surface area contributed by atoms with Crippen LogP contribution in [0.3, 0.4) is 0 Å². The summed E-state index contributed by atoms with van der Waals surface area (Å²) in [4.78, 5) is 0. The number of aryl methyl sites for hydroxylation is 1. The van der Waals surface area contributed by atoms with E-state index in [1.54, 1.807) is 0 Å². The Hall–Kier alpha value is -2.02. The van der Waals surface area contributed by atoms with E-state index in [1.165, 1.54) is 22.4 Å². The summed E-state index contributed by atoms with van der Waals surface area (Å²) in [7, 11) is 0. The van der Waals surface area contributed by atoms with Crippen molar-refractivity contribution in [2.45, 2.75) is 12.8 Å². The van der Waals surface area contributed by atoms with Crippen molar-refractivity contribution >= 4 is 5.69 Å². The molecule has 17 heavy (non-hydrogen) atoms. The highest BCUT2D eigenvalue weighted by Gasteiger charge is 2.26. The molecule has 2 aromatic carbocycles. The van der Waals surface area contributed by atoms with Crippen molar-refractivity contribution in [2.75, 3.05) is 5.32 Å². The van der Waals surface area contributed by atoms with Gasteiger partial charge >= 0.3 is 0 Å². The summed E-state index contributed by atoms with van der Waals surface area (Å²) >= 11 is 0. The second kappa shape index (κ2) is 3.77. The van der Waals surface area contributed by atoms with Crippen molar-refractivity contribution in [1.29, 1.82) is 0 Å². The van der Waals surface area contributed by atoms with E-state index in [-0.39, 0.29) is 5.92 Å². The Labute approximate surface area is 102 Å². The highest BCUT2D eigenvalue weighted by molar-refractivity contribution is 5.68. The average molecular weight is 221 g/mol. The Morgan fingerprint density at radius 2 is 1.82 bits per heavy atom. The number of benzene rings is 2. The average Bonchev–Trinajstić information content (AvgIpc) is 2.65. The predicted octanol–water partition coefficient (Wildman–Crippen LogP) is 4.07. The third kappa shape index (κ3) is 1.64.